The van der Waals surface area contributed by atoms with E-state index >= 15 is 0 Å². The molecule has 0 spiro atoms. The lowest BCUT2D eigenvalue weighted by molar-refractivity contribution is 0.422. The molecule has 1 unspecified atom stereocenters. The Bertz CT molecular complexity index is 476. The van der Waals surface area contributed by atoms with Crippen molar-refractivity contribution in [2.75, 3.05) is 12.3 Å². The van der Waals surface area contributed by atoms with Crippen LogP contribution >= 0.6 is 11.3 Å². The Kier molecular flexibility index (Phi) is 4.77. The van der Waals surface area contributed by atoms with Crippen LogP contribution in [0.25, 0.3) is 0 Å². The summed E-state index contributed by atoms with van der Waals surface area (Å²) in [6, 6.07) is 0.111. The lowest BCUT2D eigenvalue weighted by Gasteiger charge is -2.23. The van der Waals surface area contributed by atoms with Crippen molar-refractivity contribution in [3.8, 4) is 0 Å². The van der Waals surface area contributed by atoms with E-state index in [1.54, 1.807) is 11.3 Å². The monoisotopic (exact) mass is 288 g/mol. The Morgan fingerprint density at radius 3 is 2.89 bits per heavy atom. The molecule has 0 aliphatic carbocycles. The maximum absolute atomic E-state index is 12.0. The SMILES string of the molecule is Cc1cscc1CNS(=O)(=O)CC1CCCCN1. The van der Waals surface area contributed by atoms with E-state index in [9.17, 15) is 8.42 Å². The van der Waals surface area contributed by atoms with Gasteiger partial charge in [-0.3, -0.25) is 0 Å². The molecule has 2 rings (SSSR count). The molecule has 1 atom stereocenters. The van der Waals surface area contributed by atoms with Gasteiger partial charge in [0.2, 0.25) is 10.0 Å². The van der Waals surface area contributed by atoms with Gasteiger partial charge in [-0.05, 0) is 48.2 Å². The molecule has 18 heavy (non-hydrogen) atoms. The second-order valence-corrected chi connectivity index (χ2v) is 7.42. The number of piperidine rings is 1. The van der Waals surface area contributed by atoms with Crippen LogP contribution in [0.4, 0.5) is 0 Å². The normalized spacial score (nSPS) is 21.1. The summed E-state index contributed by atoms with van der Waals surface area (Å²) in [6.45, 7) is 3.34. The standard InChI is InChI=1S/C12H20N2O2S2/c1-10-7-17-8-11(10)6-14-18(15,16)9-12-4-2-3-5-13-12/h7-8,12-14H,2-6,9H2,1H3. The van der Waals surface area contributed by atoms with E-state index in [0.717, 1.165) is 36.9 Å². The molecular weight excluding hydrogens is 268 g/mol. The van der Waals surface area contributed by atoms with Crippen molar-refractivity contribution in [2.45, 2.75) is 38.8 Å². The summed E-state index contributed by atoms with van der Waals surface area (Å²) in [4.78, 5) is 0. The Hall–Kier alpha value is -0.430. The van der Waals surface area contributed by atoms with Gasteiger partial charge in [0, 0.05) is 12.6 Å². The summed E-state index contributed by atoms with van der Waals surface area (Å²) in [5, 5.41) is 7.29. The zero-order valence-electron chi connectivity index (χ0n) is 10.6. The fourth-order valence-electron chi connectivity index (χ4n) is 2.15. The maximum atomic E-state index is 12.0. The molecule has 1 saturated heterocycles. The molecule has 0 radical (unpaired) electrons. The number of hydrogen-bond acceptors (Lipinski definition) is 4. The highest BCUT2D eigenvalue weighted by molar-refractivity contribution is 7.89. The molecule has 102 valence electrons. The van der Waals surface area contributed by atoms with E-state index < -0.39 is 10.0 Å². The second kappa shape index (κ2) is 6.14. The van der Waals surface area contributed by atoms with Crippen LogP contribution in [0.15, 0.2) is 10.8 Å². The minimum Gasteiger partial charge on any atom is -0.313 e. The topological polar surface area (TPSA) is 58.2 Å². The summed E-state index contributed by atoms with van der Waals surface area (Å²) < 4.78 is 26.6. The van der Waals surface area contributed by atoms with E-state index in [2.05, 4.69) is 10.0 Å². The van der Waals surface area contributed by atoms with Gasteiger partial charge in [0.1, 0.15) is 0 Å². The van der Waals surface area contributed by atoms with Gasteiger partial charge in [-0.2, -0.15) is 11.3 Å². The Morgan fingerprint density at radius 2 is 2.28 bits per heavy atom. The predicted molar refractivity (Wildman–Crippen MR) is 75.3 cm³/mol. The molecule has 1 fully saturated rings. The number of rotatable bonds is 5. The Morgan fingerprint density at radius 1 is 1.44 bits per heavy atom. The minimum atomic E-state index is -3.18. The second-order valence-electron chi connectivity index (χ2n) is 4.83. The smallest absolute Gasteiger partial charge is 0.213 e. The van der Waals surface area contributed by atoms with Crippen molar-refractivity contribution in [2.24, 2.45) is 0 Å². The van der Waals surface area contributed by atoms with Gasteiger partial charge < -0.3 is 5.32 Å². The van der Waals surface area contributed by atoms with Crippen LogP contribution in [0.2, 0.25) is 0 Å². The van der Waals surface area contributed by atoms with E-state index in [1.165, 1.54) is 0 Å². The zero-order chi connectivity index (χ0) is 13.0. The molecule has 6 heteroatoms. The zero-order valence-corrected chi connectivity index (χ0v) is 12.2. The number of sulfonamides is 1. The Balaban J connectivity index is 1.85. The highest BCUT2D eigenvalue weighted by Gasteiger charge is 2.20. The van der Waals surface area contributed by atoms with Gasteiger partial charge in [0.25, 0.3) is 0 Å². The van der Waals surface area contributed by atoms with Crippen LogP contribution in [-0.4, -0.2) is 26.8 Å². The van der Waals surface area contributed by atoms with Gasteiger partial charge in [0.15, 0.2) is 0 Å². The van der Waals surface area contributed by atoms with Crippen LogP contribution in [0.5, 0.6) is 0 Å². The maximum Gasteiger partial charge on any atom is 0.213 e. The molecule has 1 aliphatic heterocycles. The first-order valence-corrected chi connectivity index (χ1v) is 8.89. The van der Waals surface area contributed by atoms with Crippen molar-refractivity contribution < 1.29 is 8.42 Å². The fourth-order valence-corrected chi connectivity index (χ4v) is 4.31. The average Bonchev–Trinajstić information content (AvgIpc) is 2.73. The molecule has 0 bridgehead atoms. The molecule has 4 nitrogen and oxygen atoms in total. The van der Waals surface area contributed by atoms with Gasteiger partial charge in [0.05, 0.1) is 5.75 Å². The van der Waals surface area contributed by atoms with Crippen molar-refractivity contribution in [3.63, 3.8) is 0 Å². The van der Waals surface area contributed by atoms with Crippen molar-refractivity contribution in [1.29, 1.82) is 0 Å². The molecule has 1 aromatic heterocycles. The van der Waals surface area contributed by atoms with Crippen molar-refractivity contribution in [1.82, 2.24) is 10.0 Å². The lowest BCUT2D eigenvalue weighted by Crippen LogP contribution is -2.42. The van der Waals surface area contributed by atoms with Gasteiger partial charge in [-0.25, -0.2) is 13.1 Å². The third kappa shape index (κ3) is 4.05. The van der Waals surface area contributed by atoms with Crippen molar-refractivity contribution >= 4 is 21.4 Å². The molecule has 0 saturated carbocycles. The quantitative estimate of drug-likeness (QED) is 0.865. The first-order chi connectivity index (χ1) is 8.57. The number of nitrogens with one attached hydrogen (secondary N) is 2. The van der Waals surface area contributed by atoms with Crippen LogP contribution in [-0.2, 0) is 16.6 Å². The van der Waals surface area contributed by atoms with Gasteiger partial charge >= 0.3 is 0 Å². The summed E-state index contributed by atoms with van der Waals surface area (Å²) in [6.07, 6.45) is 3.23. The highest BCUT2D eigenvalue weighted by atomic mass is 32.2. The molecule has 0 amide bonds. The van der Waals surface area contributed by atoms with E-state index in [0.29, 0.717) is 6.54 Å². The number of thiophene rings is 1. The summed E-state index contributed by atoms with van der Waals surface area (Å²) >= 11 is 1.61. The summed E-state index contributed by atoms with van der Waals surface area (Å²) in [7, 11) is -3.18. The lowest BCUT2D eigenvalue weighted by atomic mass is 10.1. The van der Waals surface area contributed by atoms with Gasteiger partial charge in [-0.1, -0.05) is 6.42 Å². The van der Waals surface area contributed by atoms with E-state index in [4.69, 9.17) is 0 Å². The number of hydrogen-bond donors (Lipinski definition) is 2. The molecule has 1 aliphatic rings. The minimum absolute atomic E-state index is 0.111. The largest absolute Gasteiger partial charge is 0.313 e. The highest BCUT2D eigenvalue weighted by Crippen LogP contribution is 2.14. The van der Waals surface area contributed by atoms with Gasteiger partial charge in [-0.15, -0.1) is 0 Å². The molecule has 0 aromatic carbocycles. The first-order valence-electron chi connectivity index (χ1n) is 6.29. The summed E-state index contributed by atoms with van der Waals surface area (Å²) in [5.74, 6) is 0.191. The Labute approximate surface area is 113 Å². The third-order valence-corrected chi connectivity index (χ3v) is 5.61. The first kappa shape index (κ1) is 14.0. The van der Waals surface area contributed by atoms with Crippen molar-refractivity contribution in [3.05, 3.63) is 21.9 Å². The molecule has 2 N–H and O–H groups in total. The molecule has 1 aromatic rings. The van der Waals surface area contributed by atoms with E-state index in [1.807, 2.05) is 17.7 Å². The van der Waals surface area contributed by atoms with E-state index in [-0.39, 0.29) is 11.8 Å². The number of aryl methyl sites for hydroxylation is 1. The third-order valence-electron chi connectivity index (χ3n) is 3.28. The van der Waals surface area contributed by atoms with Crippen LogP contribution < -0.4 is 10.0 Å². The van der Waals surface area contributed by atoms with Crippen LogP contribution in [0.1, 0.15) is 30.4 Å². The fraction of sp³-hybridized carbons (Fsp3) is 0.667. The predicted octanol–water partition coefficient (Wildman–Crippen LogP) is 1.62. The van der Waals surface area contributed by atoms with Crippen LogP contribution in [0.3, 0.4) is 0 Å². The molecular formula is C12H20N2O2S2. The summed E-state index contributed by atoms with van der Waals surface area (Å²) in [5.41, 5.74) is 2.22. The van der Waals surface area contributed by atoms with Crippen LogP contribution in [0, 0.1) is 6.92 Å². The average molecular weight is 288 g/mol. The molecule has 2 heterocycles.